The Morgan fingerprint density at radius 1 is 1.21 bits per heavy atom. The number of aryl methyl sites for hydroxylation is 1. The predicted octanol–water partition coefficient (Wildman–Crippen LogP) is 1.46. The van der Waals surface area contributed by atoms with Crippen LogP contribution in [0.25, 0.3) is 0 Å². The first kappa shape index (κ1) is 13.8. The van der Waals surface area contributed by atoms with E-state index in [0.29, 0.717) is 6.54 Å². The minimum atomic E-state index is -3.25. The molecule has 0 atom stereocenters. The monoisotopic (exact) mass is 279 g/mol. The Kier molecular flexibility index (Phi) is 4.70. The molecule has 0 fully saturated rings. The number of rotatable bonds is 7. The minimum absolute atomic E-state index is 0.0257. The summed E-state index contributed by atoms with van der Waals surface area (Å²) in [5.74, 6) is 0.0257. The Balaban J connectivity index is 1.75. The van der Waals surface area contributed by atoms with E-state index in [0.717, 1.165) is 24.1 Å². The number of nitrogens with one attached hydrogen (secondary N) is 2. The molecule has 0 unspecified atom stereocenters. The largest absolute Gasteiger partial charge is 0.348 e. The lowest BCUT2D eigenvalue weighted by atomic mass is 10.2. The van der Waals surface area contributed by atoms with E-state index in [9.17, 15) is 8.42 Å². The average molecular weight is 279 g/mol. The van der Waals surface area contributed by atoms with Crippen LogP contribution in [0.1, 0.15) is 17.7 Å². The molecular formula is C13H17N3O2S. The van der Waals surface area contributed by atoms with E-state index in [1.54, 1.807) is 12.5 Å². The van der Waals surface area contributed by atoms with E-state index >= 15 is 0 Å². The smallest absolute Gasteiger partial charge is 0.215 e. The van der Waals surface area contributed by atoms with Crippen LogP contribution < -0.4 is 4.72 Å². The number of nitrogens with zero attached hydrogens (tertiary/aromatic N) is 1. The highest BCUT2D eigenvalue weighted by Gasteiger charge is 2.10. The van der Waals surface area contributed by atoms with Crippen molar-refractivity contribution in [3.63, 3.8) is 0 Å². The van der Waals surface area contributed by atoms with Crippen LogP contribution in [0.15, 0.2) is 42.9 Å². The van der Waals surface area contributed by atoms with Crippen molar-refractivity contribution < 1.29 is 8.42 Å². The highest BCUT2D eigenvalue weighted by atomic mass is 32.2. The van der Waals surface area contributed by atoms with Crippen LogP contribution in [-0.2, 0) is 22.2 Å². The zero-order valence-corrected chi connectivity index (χ0v) is 11.4. The van der Waals surface area contributed by atoms with Gasteiger partial charge in [-0.25, -0.2) is 18.1 Å². The lowest BCUT2D eigenvalue weighted by Crippen LogP contribution is -2.26. The lowest BCUT2D eigenvalue weighted by molar-refractivity contribution is 0.578. The molecule has 102 valence electrons. The van der Waals surface area contributed by atoms with Crippen LogP contribution >= 0.6 is 0 Å². The number of aromatic nitrogens is 2. The van der Waals surface area contributed by atoms with Gasteiger partial charge in [0.25, 0.3) is 0 Å². The topological polar surface area (TPSA) is 74.8 Å². The molecule has 0 spiro atoms. The van der Waals surface area contributed by atoms with Crippen LogP contribution in [0.2, 0.25) is 0 Å². The molecule has 0 aliphatic rings. The van der Waals surface area contributed by atoms with Gasteiger partial charge in [-0.3, -0.25) is 0 Å². The van der Waals surface area contributed by atoms with Crippen molar-refractivity contribution in [2.45, 2.75) is 18.6 Å². The molecule has 0 aliphatic heterocycles. The number of hydrogen-bond acceptors (Lipinski definition) is 3. The normalized spacial score (nSPS) is 11.6. The Labute approximate surface area is 113 Å². The quantitative estimate of drug-likeness (QED) is 0.753. The molecule has 0 amide bonds. The number of H-pyrrole nitrogens is 1. The van der Waals surface area contributed by atoms with Crippen molar-refractivity contribution in [1.29, 1.82) is 0 Å². The van der Waals surface area contributed by atoms with Gasteiger partial charge in [0.1, 0.15) is 0 Å². The van der Waals surface area contributed by atoms with Gasteiger partial charge in [-0.15, -0.1) is 0 Å². The average Bonchev–Trinajstić information content (AvgIpc) is 2.88. The van der Waals surface area contributed by atoms with Gasteiger partial charge >= 0.3 is 0 Å². The summed E-state index contributed by atoms with van der Waals surface area (Å²) >= 11 is 0. The minimum Gasteiger partial charge on any atom is -0.348 e. The number of benzene rings is 1. The standard InChI is InChI=1S/C13H17N3O2S/c17-19(18,10-12-5-2-1-3-6-12)16-8-4-7-13-9-14-11-15-13/h1-3,5-6,9,11,16H,4,7-8,10H2,(H,14,15). The summed E-state index contributed by atoms with van der Waals surface area (Å²) in [4.78, 5) is 6.90. The highest BCUT2D eigenvalue weighted by molar-refractivity contribution is 7.88. The Hall–Kier alpha value is -1.66. The van der Waals surface area contributed by atoms with Gasteiger partial charge < -0.3 is 4.98 Å². The molecule has 5 nitrogen and oxygen atoms in total. The highest BCUT2D eigenvalue weighted by Crippen LogP contribution is 2.04. The SMILES string of the molecule is O=S(=O)(Cc1ccccc1)NCCCc1cnc[nH]1. The fraction of sp³-hybridized carbons (Fsp3) is 0.308. The molecular weight excluding hydrogens is 262 g/mol. The van der Waals surface area contributed by atoms with E-state index in [4.69, 9.17) is 0 Å². The van der Waals surface area contributed by atoms with E-state index in [1.807, 2.05) is 30.3 Å². The van der Waals surface area contributed by atoms with Crippen LogP contribution in [0.4, 0.5) is 0 Å². The third kappa shape index (κ3) is 4.84. The zero-order chi connectivity index (χ0) is 13.6. The molecule has 1 aromatic heterocycles. The van der Waals surface area contributed by atoms with Gasteiger partial charge in [-0.1, -0.05) is 30.3 Å². The summed E-state index contributed by atoms with van der Waals surface area (Å²) in [5, 5.41) is 0. The van der Waals surface area contributed by atoms with E-state index < -0.39 is 10.0 Å². The molecule has 1 heterocycles. The first-order chi connectivity index (χ1) is 9.16. The van der Waals surface area contributed by atoms with Crippen molar-refractivity contribution in [2.75, 3.05) is 6.54 Å². The molecule has 2 N–H and O–H groups in total. The molecule has 2 rings (SSSR count). The number of hydrogen-bond donors (Lipinski definition) is 2. The predicted molar refractivity (Wildman–Crippen MR) is 74.0 cm³/mol. The van der Waals surface area contributed by atoms with Crippen molar-refractivity contribution in [2.24, 2.45) is 0 Å². The van der Waals surface area contributed by atoms with Crippen LogP contribution in [0.5, 0.6) is 0 Å². The molecule has 0 bridgehead atoms. The first-order valence-corrected chi connectivity index (χ1v) is 7.79. The van der Waals surface area contributed by atoms with E-state index in [-0.39, 0.29) is 5.75 Å². The second kappa shape index (κ2) is 6.49. The second-order valence-corrected chi connectivity index (χ2v) is 6.13. The van der Waals surface area contributed by atoms with Crippen LogP contribution in [0.3, 0.4) is 0 Å². The zero-order valence-electron chi connectivity index (χ0n) is 10.5. The molecule has 0 radical (unpaired) electrons. The third-order valence-electron chi connectivity index (χ3n) is 2.70. The lowest BCUT2D eigenvalue weighted by Gasteiger charge is -2.06. The maximum atomic E-state index is 11.8. The van der Waals surface area contributed by atoms with Gasteiger partial charge in [-0.2, -0.15) is 0 Å². The third-order valence-corrected chi connectivity index (χ3v) is 4.06. The van der Waals surface area contributed by atoms with Crippen molar-refractivity contribution >= 4 is 10.0 Å². The summed E-state index contributed by atoms with van der Waals surface area (Å²) in [6.07, 6.45) is 4.90. The molecule has 2 aromatic rings. The number of imidazole rings is 1. The Bertz CT molecular complexity index is 580. The van der Waals surface area contributed by atoms with Gasteiger partial charge in [0.15, 0.2) is 0 Å². The summed E-state index contributed by atoms with van der Waals surface area (Å²) < 4.78 is 26.3. The summed E-state index contributed by atoms with van der Waals surface area (Å²) in [5.41, 5.74) is 1.81. The van der Waals surface area contributed by atoms with Crippen molar-refractivity contribution in [3.05, 3.63) is 54.1 Å². The van der Waals surface area contributed by atoms with Gasteiger partial charge in [-0.05, 0) is 18.4 Å². The van der Waals surface area contributed by atoms with Crippen LogP contribution in [0, 0.1) is 0 Å². The molecule has 0 saturated heterocycles. The Morgan fingerprint density at radius 2 is 2.00 bits per heavy atom. The number of aromatic amines is 1. The van der Waals surface area contributed by atoms with Crippen LogP contribution in [-0.4, -0.2) is 24.9 Å². The van der Waals surface area contributed by atoms with Gasteiger partial charge in [0.05, 0.1) is 12.1 Å². The fourth-order valence-electron chi connectivity index (χ4n) is 1.77. The van der Waals surface area contributed by atoms with Crippen molar-refractivity contribution in [1.82, 2.24) is 14.7 Å². The van der Waals surface area contributed by atoms with E-state index in [2.05, 4.69) is 14.7 Å². The molecule has 19 heavy (non-hydrogen) atoms. The summed E-state index contributed by atoms with van der Waals surface area (Å²) in [7, 11) is -3.25. The molecule has 1 aromatic carbocycles. The molecule has 0 aliphatic carbocycles. The first-order valence-electron chi connectivity index (χ1n) is 6.14. The maximum absolute atomic E-state index is 11.8. The molecule has 6 heteroatoms. The Morgan fingerprint density at radius 3 is 2.68 bits per heavy atom. The number of sulfonamides is 1. The van der Waals surface area contributed by atoms with Gasteiger partial charge in [0, 0.05) is 18.4 Å². The summed E-state index contributed by atoms with van der Waals surface area (Å²) in [6.45, 7) is 0.439. The summed E-state index contributed by atoms with van der Waals surface area (Å²) in [6, 6.07) is 9.16. The second-order valence-electron chi connectivity index (χ2n) is 4.32. The van der Waals surface area contributed by atoms with E-state index in [1.165, 1.54) is 0 Å². The fourth-order valence-corrected chi connectivity index (χ4v) is 2.96. The molecule has 0 saturated carbocycles. The van der Waals surface area contributed by atoms with Gasteiger partial charge in [0.2, 0.25) is 10.0 Å². The maximum Gasteiger partial charge on any atom is 0.215 e. The van der Waals surface area contributed by atoms with Crippen molar-refractivity contribution in [3.8, 4) is 0 Å².